The number of amides is 1. The minimum atomic E-state index is -0.701. The molecule has 1 aromatic heterocycles. The van der Waals surface area contributed by atoms with Gasteiger partial charge in [0.15, 0.2) is 0 Å². The fourth-order valence-corrected chi connectivity index (χ4v) is 0.847. The number of hydrogen-bond donors (Lipinski definition) is 1. The van der Waals surface area contributed by atoms with Crippen LogP contribution in [0.5, 0.6) is 0 Å². The van der Waals surface area contributed by atoms with Gasteiger partial charge in [0.05, 0.1) is 0 Å². The molecule has 0 aromatic carbocycles. The number of rotatable bonds is 3. The van der Waals surface area contributed by atoms with Crippen molar-refractivity contribution in [2.45, 2.75) is 13.5 Å². The average molecular weight is 199 g/mol. The van der Waals surface area contributed by atoms with E-state index in [1.165, 1.54) is 11.7 Å². The molecular formula is C6H9N5O3. The van der Waals surface area contributed by atoms with E-state index in [1.807, 2.05) is 0 Å². The molecule has 0 spiro atoms. The third-order valence-corrected chi connectivity index (χ3v) is 1.58. The van der Waals surface area contributed by atoms with Crippen LogP contribution in [0.3, 0.4) is 0 Å². The van der Waals surface area contributed by atoms with Crippen LogP contribution in [0.4, 0.5) is 5.95 Å². The summed E-state index contributed by atoms with van der Waals surface area (Å²) in [6.07, 6.45) is 0. The Bertz CT molecular complexity index is 372. The maximum absolute atomic E-state index is 10.9. The summed E-state index contributed by atoms with van der Waals surface area (Å²) in [6.45, 7) is 1.48. The van der Waals surface area contributed by atoms with E-state index in [4.69, 9.17) is 0 Å². The van der Waals surface area contributed by atoms with Crippen LogP contribution in [0.2, 0.25) is 0 Å². The van der Waals surface area contributed by atoms with Crippen molar-refractivity contribution in [3.8, 4) is 0 Å². The van der Waals surface area contributed by atoms with E-state index in [2.05, 4.69) is 15.4 Å². The second-order valence-corrected chi connectivity index (χ2v) is 2.55. The highest BCUT2D eigenvalue weighted by molar-refractivity contribution is 5.75. The number of likely N-dealkylation sites (N-methyl/N-ethyl adjacent to an activating group) is 1. The highest BCUT2D eigenvalue weighted by Crippen LogP contribution is 2.04. The number of aromatic nitrogens is 3. The Morgan fingerprint density at radius 2 is 2.36 bits per heavy atom. The predicted molar refractivity (Wildman–Crippen MR) is 45.5 cm³/mol. The van der Waals surface area contributed by atoms with Gasteiger partial charge in [-0.2, -0.15) is 4.68 Å². The highest BCUT2D eigenvalue weighted by atomic mass is 16.6. The first-order valence-corrected chi connectivity index (χ1v) is 3.81. The molecule has 0 aliphatic rings. The third-order valence-electron chi connectivity index (χ3n) is 1.58. The zero-order valence-corrected chi connectivity index (χ0v) is 7.72. The molecule has 1 amide bonds. The van der Waals surface area contributed by atoms with Gasteiger partial charge in [-0.15, -0.1) is 0 Å². The quantitative estimate of drug-likeness (QED) is 0.509. The molecule has 8 heteroatoms. The zero-order chi connectivity index (χ0) is 10.7. The molecule has 1 rings (SSSR count). The number of nitrogens with one attached hydrogen (secondary N) is 1. The molecule has 0 atom stereocenters. The molecule has 0 bridgehead atoms. The normalized spacial score (nSPS) is 9.86. The largest absolute Gasteiger partial charge is 0.491 e. The van der Waals surface area contributed by atoms with Crippen molar-refractivity contribution in [1.82, 2.24) is 20.1 Å². The minimum Gasteiger partial charge on any atom is -0.390 e. The lowest BCUT2D eigenvalue weighted by atomic mass is 10.5. The number of hydrogen-bond acceptors (Lipinski definition) is 5. The second kappa shape index (κ2) is 3.81. The van der Waals surface area contributed by atoms with E-state index in [-0.39, 0.29) is 12.5 Å². The van der Waals surface area contributed by atoms with E-state index in [0.29, 0.717) is 5.82 Å². The first kappa shape index (κ1) is 10.1. The average Bonchev–Trinajstić information content (AvgIpc) is 2.48. The predicted octanol–water partition coefficient (Wildman–Crippen LogP) is -0.759. The maximum atomic E-state index is 10.9. The summed E-state index contributed by atoms with van der Waals surface area (Å²) in [5.74, 6) is -0.445. The van der Waals surface area contributed by atoms with Crippen LogP contribution < -0.4 is 5.32 Å². The standard InChI is InChI=1S/C6H9N5O3/c1-4-8-6(11(13)14)9-10(4)3-5(12)7-2/h3H2,1-2H3,(H,7,12). The monoisotopic (exact) mass is 199 g/mol. The lowest BCUT2D eigenvalue weighted by Crippen LogP contribution is -2.24. The molecule has 0 aliphatic carbocycles. The molecule has 0 fully saturated rings. The molecule has 14 heavy (non-hydrogen) atoms. The zero-order valence-electron chi connectivity index (χ0n) is 7.72. The van der Waals surface area contributed by atoms with Gasteiger partial charge in [-0.1, -0.05) is 0 Å². The van der Waals surface area contributed by atoms with Gasteiger partial charge in [-0.05, 0) is 9.91 Å². The SMILES string of the molecule is CNC(=O)Cn1nc([N+](=O)[O-])nc1C. The molecule has 76 valence electrons. The second-order valence-electron chi connectivity index (χ2n) is 2.55. The van der Waals surface area contributed by atoms with E-state index in [0.717, 1.165) is 0 Å². The van der Waals surface area contributed by atoms with Gasteiger partial charge >= 0.3 is 5.95 Å². The Kier molecular flexibility index (Phi) is 2.75. The van der Waals surface area contributed by atoms with Gasteiger partial charge in [0.25, 0.3) is 0 Å². The van der Waals surface area contributed by atoms with Gasteiger partial charge in [0, 0.05) is 19.1 Å². The van der Waals surface area contributed by atoms with Gasteiger partial charge < -0.3 is 15.4 Å². The Morgan fingerprint density at radius 3 is 2.79 bits per heavy atom. The van der Waals surface area contributed by atoms with Gasteiger partial charge in [0.1, 0.15) is 6.54 Å². The summed E-state index contributed by atoms with van der Waals surface area (Å²) in [5, 5.41) is 16.2. The summed E-state index contributed by atoms with van der Waals surface area (Å²) in [7, 11) is 1.48. The molecule has 1 aromatic rings. The van der Waals surface area contributed by atoms with Crippen molar-refractivity contribution in [2.24, 2.45) is 0 Å². The third kappa shape index (κ3) is 2.03. The van der Waals surface area contributed by atoms with Crippen LogP contribution in [0.15, 0.2) is 0 Å². The summed E-state index contributed by atoms with van der Waals surface area (Å²) < 4.78 is 1.18. The number of aryl methyl sites for hydroxylation is 1. The molecule has 0 aliphatic heterocycles. The van der Waals surface area contributed by atoms with E-state index in [9.17, 15) is 14.9 Å². The van der Waals surface area contributed by atoms with E-state index >= 15 is 0 Å². The fraction of sp³-hybridized carbons (Fsp3) is 0.500. The molecule has 0 saturated heterocycles. The van der Waals surface area contributed by atoms with Crippen molar-refractivity contribution in [2.75, 3.05) is 7.05 Å². The van der Waals surface area contributed by atoms with Crippen LogP contribution in [0.25, 0.3) is 0 Å². The number of carbonyl (C=O) groups is 1. The van der Waals surface area contributed by atoms with Crippen molar-refractivity contribution < 1.29 is 9.72 Å². The Balaban J connectivity index is 2.88. The first-order chi connectivity index (χ1) is 6.54. The number of nitro groups is 1. The van der Waals surface area contributed by atoms with Gasteiger partial charge in [-0.25, -0.2) is 0 Å². The molecule has 0 unspecified atom stereocenters. The topological polar surface area (TPSA) is 103 Å². The molecule has 1 N–H and O–H groups in total. The fourth-order valence-electron chi connectivity index (χ4n) is 0.847. The lowest BCUT2D eigenvalue weighted by molar-refractivity contribution is -0.394. The van der Waals surface area contributed by atoms with Crippen LogP contribution in [-0.4, -0.2) is 32.6 Å². The summed E-state index contributed by atoms with van der Waals surface area (Å²) >= 11 is 0. The lowest BCUT2D eigenvalue weighted by Gasteiger charge is -1.95. The maximum Gasteiger partial charge on any atom is 0.491 e. The number of nitrogens with zero attached hydrogens (tertiary/aromatic N) is 4. The molecule has 0 saturated carbocycles. The Hall–Kier alpha value is -1.99. The smallest absolute Gasteiger partial charge is 0.390 e. The number of carbonyl (C=O) groups excluding carboxylic acids is 1. The molecule has 8 nitrogen and oxygen atoms in total. The molecular weight excluding hydrogens is 190 g/mol. The van der Waals surface area contributed by atoms with E-state index in [1.54, 1.807) is 6.92 Å². The van der Waals surface area contributed by atoms with Crippen LogP contribution in [0.1, 0.15) is 5.82 Å². The van der Waals surface area contributed by atoms with Gasteiger partial charge in [-0.3, -0.25) is 4.79 Å². The minimum absolute atomic E-state index is 0.0663. The Morgan fingerprint density at radius 1 is 1.71 bits per heavy atom. The van der Waals surface area contributed by atoms with Crippen molar-refractivity contribution in [3.63, 3.8) is 0 Å². The molecule has 1 heterocycles. The van der Waals surface area contributed by atoms with Crippen molar-refractivity contribution >= 4 is 11.9 Å². The molecule has 0 radical (unpaired) electrons. The Labute approximate surface area is 79.1 Å². The van der Waals surface area contributed by atoms with Crippen molar-refractivity contribution in [3.05, 3.63) is 15.9 Å². The van der Waals surface area contributed by atoms with Crippen LogP contribution in [0, 0.1) is 17.0 Å². The van der Waals surface area contributed by atoms with Crippen LogP contribution in [-0.2, 0) is 11.3 Å². The first-order valence-electron chi connectivity index (χ1n) is 3.81. The highest BCUT2D eigenvalue weighted by Gasteiger charge is 2.19. The van der Waals surface area contributed by atoms with Crippen molar-refractivity contribution in [1.29, 1.82) is 0 Å². The van der Waals surface area contributed by atoms with Gasteiger partial charge in [0.2, 0.25) is 11.7 Å². The summed E-state index contributed by atoms with van der Waals surface area (Å²) in [5.41, 5.74) is 0. The summed E-state index contributed by atoms with van der Waals surface area (Å²) in [6, 6.07) is 0. The van der Waals surface area contributed by atoms with E-state index < -0.39 is 10.9 Å². The summed E-state index contributed by atoms with van der Waals surface area (Å²) in [4.78, 5) is 24.1. The van der Waals surface area contributed by atoms with Crippen LogP contribution >= 0.6 is 0 Å².